The summed E-state index contributed by atoms with van der Waals surface area (Å²) in [5.74, 6) is -0.218. The van der Waals surface area contributed by atoms with Gasteiger partial charge in [0.25, 0.3) is 5.56 Å². The van der Waals surface area contributed by atoms with Gasteiger partial charge >= 0.3 is 0 Å². The minimum absolute atomic E-state index is 0.218. The van der Waals surface area contributed by atoms with Crippen LogP contribution in [0.2, 0.25) is 0 Å². The first-order valence-corrected chi connectivity index (χ1v) is 8.80. The van der Waals surface area contributed by atoms with Crippen molar-refractivity contribution in [3.63, 3.8) is 0 Å². The first-order valence-electron chi connectivity index (χ1n) is 8.80. The first kappa shape index (κ1) is 17.2. The van der Waals surface area contributed by atoms with Gasteiger partial charge in [0, 0.05) is 25.7 Å². The second-order valence-corrected chi connectivity index (χ2v) is 6.42. The van der Waals surface area contributed by atoms with Crippen molar-refractivity contribution < 1.29 is 4.79 Å². The molecule has 1 aliphatic rings. The van der Waals surface area contributed by atoms with E-state index < -0.39 is 6.04 Å². The Morgan fingerprint density at radius 1 is 1.20 bits per heavy atom. The zero-order valence-electron chi connectivity index (χ0n) is 14.5. The van der Waals surface area contributed by atoms with Gasteiger partial charge in [0.2, 0.25) is 5.91 Å². The third-order valence-corrected chi connectivity index (χ3v) is 4.59. The lowest BCUT2D eigenvalue weighted by Gasteiger charge is -2.28. The van der Waals surface area contributed by atoms with Crippen molar-refractivity contribution in [2.75, 3.05) is 18.0 Å². The minimum atomic E-state index is -0.647. The van der Waals surface area contributed by atoms with E-state index in [0.29, 0.717) is 6.54 Å². The van der Waals surface area contributed by atoms with Gasteiger partial charge in [-0.15, -0.1) is 0 Å². The van der Waals surface area contributed by atoms with Crippen LogP contribution in [0, 0.1) is 0 Å². The maximum Gasteiger partial charge on any atom is 0.269 e. The number of aromatic nitrogens is 2. The SMILES string of the molecule is C[C@H](C(=O)NCc1ccccc1)n1ncc(N2CCCCC2)cc1=O. The van der Waals surface area contributed by atoms with E-state index in [1.807, 2.05) is 30.3 Å². The second-order valence-electron chi connectivity index (χ2n) is 6.42. The number of nitrogens with one attached hydrogen (secondary N) is 1. The first-order chi connectivity index (χ1) is 12.1. The van der Waals surface area contributed by atoms with Crippen molar-refractivity contribution >= 4 is 11.6 Å². The number of hydrogen-bond acceptors (Lipinski definition) is 4. The lowest BCUT2D eigenvalue weighted by Crippen LogP contribution is -2.37. The molecule has 1 fully saturated rings. The summed E-state index contributed by atoms with van der Waals surface area (Å²) in [6, 6.07) is 10.6. The molecule has 1 aromatic carbocycles. The Morgan fingerprint density at radius 2 is 1.92 bits per heavy atom. The van der Waals surface area contributed by atoms with Crippen LogP contribution in [0.3, 0.4) is 0 Å². The normalized spacial score (nSPS) is 15.6. The summed E-state index contributed by atoms with van der Waals surface area (Å²) in [5.41, 5.74) is 1.62. The highest BCUT2D eigenvalue weighted by Crippen LogP contribution is 2.17. The number of anilines is 1. The van der Waals surface area contributed by atoms with Crippen molar-refractivity contribution in [3.05, 3.63) is 58.5 Å². The lowest BCUT2D eigenvalue weighted by molar-refractivity contribution is -0.124. The van der Waals surface area contributed by atoms with Gasteiger partial charge < -0.3 is 10.2 Å². The Bertz CT molecular complexity index is 766. The molecule has 3 rings (SSSR count). The van der Waals surface area contributed by atoms with Gasteiger partial charge in [-0.2, -0.15) is 5.10 Å². The topological polar surface area (TPSA) is 67.2 Å². The number of carbonyl (C=O) groups is 1. The predicted molar refractivity (Wildman–Crippen MR) is 97.6 cm³/mol. The standard InChI is InChI=1S/C19H24N4O2/c1-15(19(25)20-13-16-8-4-2-5-9-16)23-18(24)12-17(14-21-23)22-10-6-3-7-11-22/h2,4-5,8-9,12,14-15H,3,6-7,10-11,13H2,1H3,(H,20,25)/t15-/m1/s1. The Balaban J connectivity index is 1.65. The Morgan fingerprint density at radius 3 is 2.60 bits per heavy atom. The van der Waals surface area contributed by atoms with E-state index in [1.54, 1.807) is 19.2 Å². The fourth-order valence-electron chi connectivity index (χ4n) is 3.07. The third kappa shape index (κ3) is 4.26. The highest BCUT2D eigenvalue weighted by molar-refractivity contribution is 5.79. The molecule has 2 aromatic rings. The minimum Gasteiger partial charge on any atom is -0.370 e. The Hall–Kier alpha value is -2.63. The van der Waals surface area contributed by atoms with Crippen molar-refractivity contribution in [1.29, 1.82) is 0 Å². The molecule has 1 saturated heterocycles. The van der Waals surface area contributed by atoms with Crippen molar-refractivity contribution in [2.24, 2.45) is 0 Å². The van der Waals surface area contributed by atoms with E-state index in [4.69, 9.17) is 0 Å². The summed E-state index contributed by atoms with van der Waals surface area (Å²) < 4.78 is 1.24. The molecule has 0 radical (unpaired) electrons. The number of benzene rings is 1. The monoisotopic (exact) mass is 340 g/mol. The summed E-state index contributed by atoms with van der Waals surface area (Å²) in [6.07, 6.45) is 5.20. The maximum atomic E-state index is 12.4. The number of amides is 1. The highest BCUT2D eigenvalue weighted by Gasteiger charge is 2.18. The lowest BCUT2D eigenvalue weighted by atomic mass is 10.1. The van der Waals surface area contributed by atoms with Crippen LogP contribution in [0.15, 0.2) is 47.4 Å². The Labute approximate surface area is 147 Å². The molecular weight excluding hydrogens is 316 g/mol. The fraction of sp³-hybridized carbons (Fsp3) is 0.421. The smallest absolute Gasteiger partial charge is 0.269 e. The van der Waals surface area contributed by atoms with E-state index in [1.165, 1.54) is 11.1 Å². The molecule has 6 nitrogen and oxygen atoms in total. The molecule has 0 spiro atoms. The average Bonchev–Trinajstić information content (AvgIpc) is 2.67. The van der Waals surface area contributed by atoms with E-state index in [2.05, 4.69) is 15.3 Å². The number of hydrogen-bond donors (Lipinski definition) is 1. The molecule has 0 saturated carbocycles. The van der Waals surface area contributed by atoms with E-state index in [-0.39, 0.29) is 11.5 Å². The summed E-state index contributed by atoms with van der Waals surface area (Å²) in [5, 5.41) is 7.08. The predicted octanol–water partition coefficient (Wildman–Crippen LogP) is 2.11. The van der Waals surface area contributed by atoms with Crippen molar-refractivity contribution in [3.8, 4) is 0 Å². The molecule has 25 heavy (non-hydrogen) atoms. The van der Waals surface area contributed by atoms with Crippen LogP contribution >= 0.6 is 0 Å². The van der Waals surface area contributed by atoms with Gasteiger partial charge in [0.05, 0.1) is 11.9 Å². The van der Waals surface area contributed by atoms with Gasteiger partial charge in [-0.25, -0.2) is 4.68 Å². The molecule has 1 N–H and O–H groups in total. The van der Waals surface area contributed by atoms with Gasteiger partial charge in [0.15, 0.2) is 0 Å². The molecule has 6 heteroatoms. The third-order valence-electron chi connectivity index (χ3n) is 4.59. The highest BCUT2D eigenvalue weighted by atomic mass is 16.2. The molecule has 1 aromatic heterocycles. The fourth-order valence-corrected chi connectivity index (χ4v) is 3.07. The molecule has 2 heterocycles. The second kappa shape index (κ2) is 7.96. The van der Waals surface area contributed by atoms with Crippen molar-refractivity contribution in [2.45, 2.75) is 38.8 Å². The molecule has 0 aliphatic carbocycles. The van der Waals surface area contributed by atoms with E-state index >= 15 is 0 Å². The number of nitrogens with zero attached hydrogens (tertiary/aromatic N) is 3. The van der Waals surface area contributed by atoms with Crippen LogP contribution in [-0.4, -0.2) is 28.8 Å². The van der Waals surface area contributed by atoms with E-state index in [0.717, 1.165) is 37.2 Å². The number of rotatable bonds is 5. The molecule has 1 atom stereocenters. The molecule has 1 amide bonds. The zero-order chi connectivity index (χ0) is 17.6. The molecule has 0 bridgehead atoms. The van der Waals surface area contributed by atoms with Gasteiger partial charge in [-0.1, -0.05) is 30.3 Å². The zero-order valence-corrected chi connectivity index (χ0v) is 14.5. The summed E-state index contributed by atoms with van der Waals surface area (Å²) in [6.45, 7) is 4.04. The van der Waals surface area contributed by atoms with Crippen LogP contribution in [0.1, 0.15) is 37.8 Å². The molecule has 132 valence electrons. The van der Waals surface area contributed by atoms with Crippen LogP contribution in [0.25, 0.3) is 0 Å². The van der Waals surface area contributed by atoms with E-state index in [9.17, 15) is 9.59 Å². The average molecular weight is 340 g/mol. The molecular formula is C19H24N4O2. The summed E-state index contributed by atoms with van der Waals surface area (Å²) in [7, 11) is 0. The number of piperidine rings is 1. The van der Waals surface area contributed by atoms with Gasteiger partial charge in [-0.3, -0.25) is 9.59 Å². The summed E-state index contributed by atoms with van der Waals surface area (Å²) in [4.78, 5) is 26.9. The molecule has 1 aliphatic heterocycles. The van der Waals surface area contributed by atoms with Crippen LogP contribution in [0.5, 0.6) is 0 Å². The van der Waals surface area contributed by atoms with Gasteiger partial charge in [0.1, 0.15) is 6.04 Å². The largest absolute Gasteiger partial charge is 0.370 e. The maximum absolute atomic E-state index is 12.4. The summed E-state index contributed by atoms with van der Waals surface area (Å²) >= 11 is 0. The Kier molecular flexibility index (Phi) is 5.48. The van der Waals surface area contributed by atoms with Crippen LogP contribution in [-0.2, 0) is 11.3 Å². The van der Waals surface area contributed by atoms with Crippen LogP contribution in [0.4, 0.5) is 5.69 Å². The molecule has 0 unspecified atom stereocenters. The number of carbonyl (C=O) groups excluding carboxylic acids is 1. The van der Waals surface area contributed by atoms with Gasteiger partial charge in [-0.05, 0) is 31.7 Å². The quantitative estimate of drug-likeness (QED) is 0.905. The van der Waals surface area contributed by atoms with Crippen LogP contribution < -0.4 is 15.8 Å². The van der Waals surface area contributed by atoms with Crippen molar-refractivity contribution in [1.82, 2.24) is 15.1 Å².